The zero-order valence-electron chi connectivity index (χ0n) is 15.6. The molecule has 0 aromatic heterocycles. The fourth-order valence-corrected chi connectivity index (χ4v) is 4.08. The van der Waals surface area contributed by atoms with E-state index in [9.17, 15) is 4.39 Å². The van der Waals surface area contributed by atoms with Gasteiger partial charge in [-0.2, -0.15) is 11.8 Å². The number of benzene rings is 1. The summed E-state index contributed by atoms with van der Waals surface area (Å²) in [4.78, 5) is 6.96. The van der Waals surface area contributed by atoms with Crippen molar-refractivity contribution < 1.29 is 4.39 Å². The van der Waals surface area contributed by atoms with Gasteiger partial charge in [0.2, 0.25) is 0 Å². The minimum Gasteiger partial charge on any atom is -0.356 e. The van der Waals surface area contributed by atoms with Crippen molar-refractivity contribution >= 4 is 41.7 Å². The first-order valence-corrected chi connectivity index (χ1v) is 10.5. The lowest BCUT2D eigenvalue weighted by molar-refractivity contribution is 0.314. The number of aliphatic imine (C=N–C) groups is 1. The highest BCUT2D eigenvalue weighted by Gasteiger charge is 2.34. The van der Waals surface area contributed by atoms with E-state index in [1.807, 2.05) is 12.3 Å². The number of thioether (sulfide) groups is 1. The lowest BCUT2D eigenvalue weighted by atomic mass is 10.1. The molecule has 1 unspecified atom stereocenters. The summed E-state index contributed by atoms with van der Waals surface area (Å²) in [5, 5.41) is 6.83. The molecule has 1 saturated heterocycles. The van der Waals surface area contributed by atoms with Crippen LogP contribution in [0.15, 0.2) is 23.2 Å². The second kappa shape index (κ2) is 10.7. The maximum atomic E-state index is 13.5. The van der Waals surface area contributed by atoms with Gasteiger partial charge in [-0.25, -0.2) is 4.39 Å². The molecule has 7 heteroatoms. The van der Waals surface area contributed by atoms with E-state index in [1.54, 1.807) is 24.9 Å². The molecule has 1 aromatic carbocycles. The van der Waals surface area contributed by atoms with E-state index in [4.69, 9.17) is 0 Å². The molecule has 2 fully saturated rings. The summed E-state index contributed by atoms with van der Waals surface area (Å²) in [6, 6.07) is 5.90. The molecule has 1 aliphatic heterocycles. The molecule has 146 valence electrons. The molecule has 26 heavy (non-hydrogen) atoms. The van der Waals surface area contributed by atoms with Gasteiger partial charge in [0.1, 0.15) is 5.82 Å². The van der Waals surface area contributed by atoms with Gasteiger partial charge in [-0.05, 0) is 61.2 Å². The Morgan fingerprint density at radius 3 is 2.77 bits per heavy atom. The Morgan fingerprint density at radius 2 is 2.08 bits per heavy atom. The van der Waals surface area contributed by atoms with Crippen LogP contribution in [0.25, 0.3) is 0 Å². The van der Waals surface area contributed by atoms with Crippen LogP contribution >= 0.6 is 35.7 Å². The standard InChI is InChI=1S/C19H29FN4S.HI/c1-21-19(22-10-14-7-8-24(12-14)18-5-6-18)23-11-15-3-4-17(20)9-16(15)13-25-2;/h3-4,9,14,18H,5-8,10-13H2,1-2H3,(H2,21,22,23);1H. The normalized spacial score (nSPS) is 20.7. The van der Waals surface area contributed by atoms with Crippen molar-refractivity contribution in [2.45, 2.75) is 37.6 Å². The average molecular weight is 492 g/mol. The lowest BCUT2D eigenvalue weighted by Crippen LogP contribution is -2.40. The maximum Gasteiger partial charge on any atom is 0.191 e. The Hall–Kier alpha value is -0.540. The van der Waals surface area contributed by atoms with Gasteiger partial charge in [-0.3, -0.25) is 4.99 Å². The second-order valence-corrected chi connectivity index (χ2v) is 7.90. The summed E-state index contributed by atoms with van der Waals surface area (Å²) in [7, 11) is 1.80. The molecule has 1 aromatic rings. The van der Waals surface area contributed by atoms with Crippen LogP contribution in [0.3, 0.4) is 0 Å². The van der Waals surface area contributed by atoms with Gasteiger partial charge in [0.05, 0.1) is 0 Å². The predicted molar refractivity (Wildman–Crippen MR) is 120 cm³/mol. The monoisotopic (exact) mass is 492 g/mol. The first kappa shape index (κ1) is 21.8. The zero-order valence-corrected chi connectivity index (χ0v) is 18.8. The van der Waals surface area contributed by atoms with Crippen LogP contribution in [0, 0.1) is 11.7 Å². The summed E-state index contributed by atoms with van der Waals surface area (Å²) in [6.07, 6.45) is 6.09. The summed E-state index contributed by atoms with van der Waals surface area (Å²) in [6.45, 7) is 4.08. The number of nitrogens with one attached hydrogen (secondary N) is 2. The third kappa shape index (κ3) is 6.27. The smallest absolute Gasteiger partial charge is 0.191 e. The fourth-order valence-electron chi connectivity index (χ4n) is 3.50. The van der Waals surface area contributed by atoms with Crippen molar-refractivity contribution in [1.29, 1.82) is 0 Å². The minimum absolute atomic E-state index is 0. The first-order chi connectivity index (χ1) is 12.2. The van der Waals surface area contributed by atoms with Crippen molar-refractivity contribution in [2.75, 3.05) is 32.9 Å². The zero-order chi connectivity index (χ0) is 17.6. The number of nitrogens with zero attached hydrogens (tertiary/aromatic N) is 2. The molecular weight excluding hydrogens is 462 g/mol. The summed E-state index contributed by atoms with van der Waals surface area (Å²) < 4.78 is 13.5. The highest BCUT2D eigenvalue weighted by molar-refractivity contribution is 14.0. The van der Waals surface area contributed by atoms with Crippen LogP contribution in [-0.4, -0.2) is 49.8 Å². The van der Waals surface area contributed by atoms with Gasteiger partial charge in [0, 0.05) is 38.5 Å². The molecule has 2 N–H and O–H groups in total. The number of guanidine groups is 1. The summed E-state index contributed by atoms with van der Waals surface area (Å²) in [5.74, 6) is 2.18. The van der Waals surface area contributed by atoms with Gasteiger partial charge < -0.3 is 15.5 Å². The Kier molecular flexibility index (Phi) is 8.96. The Labute approximate surface area is 177 Å². The maximum absolute atomic E-state index is 13.5. The molecule has 0 bridgehead atoms. The fraction of sp³-hybridized carbons (Fsp3) is 0.632. The SMILES string of the molecule is CN=C(NCc1ccc(F)cc1CSC)NCC1CCN(C2CC2)C1.I. The van der Waals surface area contributed by atoms with Gasteiger partial charge >= 0.3 is 0 Å². The highest BCUT2D eigenvalue weighted by atomic mass is 127. The van der Waals surface area contributed by atoms with E-state index in [-0.39, 0.29) is 29.8 Å². The van der Waals surface area contributed by atoms with Crippen molar-refractivity contribution in [2.24, 2.45) is 10.9 Å². The third-order valence-electron chi connectivity index (χ3n) is 5.08. The quantitative estimate of drug-likeness (QED) is 0.348. The molecule has 0 radical (unpaired) electrons. The van der Waals surface area contributed by atoms with E-state index < -0.39 is 0 Å². The summed E-state index contributed by atoms with van der Waals surface area (Å²) >= 11 is 1.71. The number of hydrogen-bond acceptors (Lipinski definition) is 3. The molecule has 3 rings (SSSR count). The molecule has 1 heterocycles. The van der Waals surface area contributed by atoms with Gasteiger partial charge in [-0.1, -0.05) is 6.07 Å². The average Bonchev–Trinajstić information content (AvgIpc) is 3.35. The van der Waals surface area contributed by atoms with Crippen LogP contribution < -0.4 is 10.6 Å². The molecule has 1 saturated carbocycles. The van der Waals surface area contributed by atoms with Crippen molar-refractivity contribution in [3.05, 3.63) is 35.1 Å². The van der Waals surface area contributed by atoms with E-state index in [1.165, 1.54) is 38.4 Å². The van der Waals surface area contributed by atoms with E-state index >= 15 is 0 Å². The van der Waals surface area contributed by atoms with Crippen LogP contribution in [-0.2, 0) is 12.3 Å². The number of hydrogen-bond donors (Lipinski definition) is 2. The minimum atomic E-state index is -0.170. The lowest BCUT2D eigenvalue weighted by Gasteiger charge is -2.17. The van der Waals surface area contributed by atoms with Gasteiger partial charge in [0.15, 0.2) is 5.96 Å². The molecule has 0 amide bonds. The van der Waals surface area contributed by atoms with Crippen LogP contribution in [0.5, 0.6) is 0 Å². The largest absolute Gasteiger partial charge is 0.356 e. The van der Waals surface area contributed by atoms with E-state index in [0.717, 1.165) is 35.4 Å². The molecular formula is C19H30FIN4S. The summed E-state index contributed by atoms with van der Waals surface area (Å²) in [5.41, 5.74) is 2.17. The molecule has 2 aliphatic rings. The molecule has 1 aliphatic carbocycles. The molecule has 1 atom stereocenters. The number of rotatable bonds is 7. The van der Waals surface area contributed by atoms with E-state index in [0.29, 0.717) is 12.5 Å². The highest BCUT2D eigenvalue weighted by Crippen LogP contribution is 2.31. The Morgan fingerprint density at radius 1 is 1.27 bits per heavy atom. The molecule has 0 spiro atoms. The van der Waals surface area contributed by atoms with Gasteiger partial charge in [0.25, 0.3) is 0 Å². The van der Waals surface area contributed by atoms with Crippen molar-refractivity contribution in [1.82, 2.24) is 15.5 Å². The van der Waals surface area contributed by atoms with Crippen molar-refractivity contribution in [3.8, 4) is 0 Å². The first-order valence-electron chi connectivity index (χ1n) is 9.14. The van der Waals surface area contributed by atoms with Crippen molar-refractivity contribution in [3.63, 3.8) is 0 Å². The van der Waals surface area contributed by atoms with E-state index in [2.05, 4.69) is 20.5 Å². The van der Waals surface area contributed by atoms with Crippen LogP contribution in [0.2, 0.25) is 0 Å². The Balaban J connectivity index is 0.00000243. The molecule has 4 nitrogen and oxygen atoms in total. The predicted octanol–water partition coefficient (Wildman–Crippen LogP) is 3.46. The third-order valence-corrected chi connectivity index (χ3v) is 5.68. The topological polar surface area (TPSA) is 39.7 Å². The number of likely N-dealkylation sites (tertiary alicyclic amines) is 1. The Bertz CT molecular complexity index is 609. The van der Waals surface area contributed by atoms with Crippen LogP contribution in [0.1, 0.15) is 30.4 Å². The number of halogens is 2. The van der Waals surface area contributed by atoms with Crippen LogP contribution in [0.4, 0.5) is 4.39 Å². The van der Waals surface area contributed by atoms with Gasteiger partial charge in [-0.15, -0.1) is 24.0 Å². The second-order valence-electron chi connectivity index (χ2n) is 7.03.